The number of aliphatic hydroxyl groups excluding tert-OH is 1. The van der Waals surface area contributed by atoms with E-state index < -0.39 is 0 Å². The Morgan fingerprint density at radius 2 is 1.88 bits per heavy atom. The van der Waals surface area contributed by atoms with Gasteiger partial charge in [0, 0.05) is 10.1 Å². The van der Waals surface area contributed by atoms with Crippen LogP contribution in [-0.2, 0) is 0 Å². The molecule has 88 valence electrons. The maximum atomic E-state index is 13.5. The van der Waals surface area contributed by atoms with Crippen LogP contribution in [0.5, 0.6) is 0 Å². The maximum Gasteiger partial charge on any atom is 0.136 e. The molecule has 0 radical (unpaired) electrons. The zero-order chi connectivity index (χ0) is 11.4. The van der Waals surface area contributed by atoms with Crippen molar-refractivity contribution in [1.82, 2.24) is 0 Å². The summed E-state index contributed by atoms with van der Waals surface area (Å²) in [5.41, 5.74) is 0. The van der Waals surface area contributed by atoms with Gasteiger partial charge in [-0.05, 0) is 25.0 Å². The number of aliphatic hydroxyl groups is 1. The van der Waals surface area contributed by atoms with E-state index in [4.69, 9.17) is 0 Å². The molecule has 1 nitrogen and oxygen atoms in total. The second-order valence-corrected chi connectivity index (χ2v) is 5.57. The molecule has 3 heteroatoms. The summed E-state index contributed by atoms with van der Waals surface area (Å²) in [7, 11) is 0. The van der Waals surface area contributed by atoms with Crippen LogP contribution in [0.1, 0.15) is 32.1 Å². The van der Waals surface area contributed by atoms with Crippen LogP contribution in [0.15, 0.2) is 29.2 Å². The van der Waals surface area contributed by atoms with E-state index in [1.54, 1.807) is 12.1 Å². The quantitative estimate of drug-likeness (QED) is 0.797. The van der Waals surface area contributed by atoms with Gasteiger partial charge in [-0.3, -0.25) is 0 Å². The standard InChI is InChI=1S/C13H17FOS/c14-10-6-4-5-8-12(10)16-13-9-3-1-2-7-11(13)15/h4-6,8,11,13,15H,1-3,7,9H2. The second kappa shape index (κ2) is 5.69. The summed E-state index contributed by atoms with van der Waals surface area (Å²) in [6.45, 7) is 0. The molecule has 2 rings (SSSR count). The van der Waals surface area contributed by atoms with Gasteiger partial charge >= 0.3 is 0 Å². The van der Waals surface area contributed by atoms with E-state index in [2.05, 4.69) is 0 Å². The van der Waals surface area contributed by atoms with E-state index in [0.717, 1.165) is 25.7 Å². The summed E-state index contributed by atoms with van der Waals surface area (Å²) in [4.78, 5) is 0.661. The maximum absolute atomic E-state index is 13.5. The van der Waals surface area contributed by atoms with E-state index >= 15 is 0 Å². The number of thioether (sulfide) groups is 1. The molecule has 1 aromatic rings. The lowest BCUT2D eigenvalue weighted by Gasteiger charge is -2.19. The van der Waals surface area contributed by atoms with Gasteiger partial charge in [-0.15, -0.1) is 11.8 Å². The minimum atomic E-state index is -0.285. The minimum absolute atomic E-state index is 0.152. The average Bonchev–Trinajstić information content (AvgIpc) is 2.48. The van der Waals surface area contributed by atoms with Crippen molar-refractivity contribution < 1.29 is 9.50 Å². The normalized spacial score (nSPS) is 26.4. The van der Waals surface area contributed by atoms with Gasteiger partial charge < -0.3 is 5.11 Å². The van der Waals surface area contributed by atoms with E-state index in [0.29, 0.717) is 4.90 Å². The summed E-state index contributed by atoms with van der Waals surface area (Å²) in [5.74, 6) is -0.177. The number of benzene rings is 1. The van der Waals surface area contributed by atoms with Crippen molar-refractivity contribution in [2.24, 2.45) is 0 Å². The fraction of sp³-hybridized carbons (Fsp3) is 0.538. The van der Waals surface area contributed by atoms with E-state index in [9.17, 15) is 9.50 Å². The van der Waals surface area contributed by atoms with Crippen molar-refractivity contribution >= 4 is 11.8 Å². The Morgan fingerprint density at radius 3 is 2.69 bits per heavy atom. The highest BCUT2D eigenvalue weighted by atomic mass is 32.2. The molecular weight excluding hydrogens is 223 g/mol. The molecular formula is C13H17FOS. The fourth-order valence-electron chi connectivity index (χ4n) is 2.09. The van der Waals surface area contributed by atoms with E-state index in [1.807, 2.05) is 6.07 Å². The van der Waals surface area contributed by atoms with Gasteiger partial charge in [0.25, 0.3) is 0 Å². The third kappa shape index (κ3) is 2.98. The molecule has 1 N–H and O–H groups in total. The molecule has 16 heavy (non-hydrogen) atoms. The van der Waals surface area contributed by atoms with Crippen molar-refractivity contribution in [3.05, 3.63) is 30.1 Å². The van der Waals surface area contributed by atoms with Crippen molar-refractivity contribution in [3.8, 4) is 0 Å². The first kappa shape index (κ1) is 11.9. The molecule has 1 fully saturated rings. The van der Waals surface area contributed by atoms with Crippen LogP contribution < -0.4 is 0 Å². The molecule has 0 bridgehead atoms. The smallest absolute Gasteiger partial charge is 0.136 e. The highest BCUT2D eigenvalue weighted by molar-refractivity contribution is 8.00. The first-order chi connectivity index (χ1) is 7.77. The van der Waals surface area contributed by atoms with Crippen molar-refractivity contribution in [3.63, 3.8) is 0 Å². The Morgan fingerprint density at radius 1 is 1.12 bits per heavy atom. The lowest BCUT2D eigenvalue weighted by molar-refractivity contribution is 0.163. The van der Waals surface area contributed by atoms with E-state index in [1.165, 1.54) is 24.2 Å². The largest absolute Gasteiger partial charge is 0.392 e. The number of halogens is 1. The van der Waals surface area contributed by atoms with Crippen LogP contribution in [0, 0.1) is 5.82 Å². The summed E-state index contributed by atoms with van der Waals surface area (Å²) >= 11 is 1.49. The number of rotatable bonds is 2. The van der Waals surface area contributed by atoms with Gasteiger partial charge in [0.15, 0.2) is 0 Å². The van der Waals surface area contributed by atoms with Gasteiger partial charge in [0.05, 0.1) is 6.10 Å². The van der Waals surface area contributed by atoms with Crippen molar-refractivity contribution in [1.29, 1.82) is 0 Å². The number of hydrogen-bond donors (Lipinski definition) is 1. The molecule has 1 saturated carbocycles. The molecule has 1 aliphatic rings. The monoisotopic (exact) mass is 240 g/mol. The molecule has 2 atom stereocenters. The Hall–Kier alpha value is -0.540. The van der Waals surface area contributed by atoms with Crippen LogP contribution in [0.2, 0.25) is 0 Å². The van der Waals surface area contributed by atoms with Crippen LogP contribution >= 0.6 is 11.8 Å². The fourth-order valence-corrected chi connectivity index (χ4v) is 3.34. The van der Waals surface area contributed by atoms with Gasteiger partial charge in [0.2, 0.25) is 0 Å². The van der Waals surface area contributed by atoms with Crippen LogP contribution in [-0.4, -0.2) is 16.5 Å². The first-order valence-electron chi connectivity index (χ1n) is 5.86. The van der Waals surface area contributed by atoms with Crippen molar-refractivity contribution in [2.75, 3.05) is 0 Å². The van der Waals surface area contributed by atoms with Gasteiger partial charge in [-0.2, -0.15) is 0 Å². The van der Waals surface area contributed by atoms with Crippen LogP contribution in [0.3, 0.4) is 0 Å². The molecule has 0 spiro atoms. The molecule has 2 unspecified atom stereocenters. The molecule has 0 heterocycles. The number of hydrogen-bond acceptors (Lipinski definition) is 2. The Labute approximate surface area is 100 Å². The summed E-state index contributed by atoms with van der Waals surface area (Å²) in [6, 6.07) is 6.81. The van der Waals surface area contributed by atoms with Gasteiger partial charge in [-0.25, -0.2) is 4.39 Å². The SMILES string of the molecule is OC1CCCCCC1Sc1ccccc1F. The Kier molecular flexibility index (Phi) is 4.24. The summed E-state index contributed by atoms with van der Waals surface area (Å²) in [5, 5.41) is 10.1. The highest BCUT2D eigenvalue weighted by Crippen LogP contribution is 2.34. The third-order valence-electron chi connectivity index (χ3n) is 3.03. The Bertz CT molecular complexity index is 342. The van der Waals surface area contributed by atoms with E-state index in [-0.39, 0.29) is 17.2 Å². The lowest BCUT2D eigenvalue weighted by atomic mass is 10.1. The van der Waals surface area contributed by atoms with Crippen LogP contribution in [0.25, 0.3) is 0 Å². The topological polar surface area (TPSA) is 20.2 Å². The predicted octanol–water partition coefficient (Wildman–Crippen LogP) is 3.61. The van der Waals surface area contributed by atoms with Crippen molar-refractivity contribution in [2.45, 2.75) is 48.4 Å². The van der Waals surface area contributed by atoms with Gasteiger partial charge in [0.1, 0.15) is 5.82 Å². The zero-order valence-corrected chi connectivity index (χ0v) is 10.0. The molecule has 0 saturated heterocycles. The molecule has 1 aliphatic carbocycles. The molecule has 0 aromatic heterocycles. The Balaban J connectivity index is 2.05. The lowest BCUT2D eigenvalue weighted by Crippen LogP contribution is -2.21. The summed E-state index contributed by atoms with van der Waals surface area (Å²) in [6.07, 6.45) is 4.98. The van der Waals surface area contributed by atoms with Crippen LogP contribution in [0.4, 0.5) is 4.39 Å². The molecule has 1 aromatic carbocycles. The first-order valence-corrected chi connectivity index (χ1v) is 6.74. The zero-order valence-electron chi connectivity index (χ0n) is 9.23. The highest BCUT2D eigenvalue weighted by Gasteiger charge is 2.23. The molecule has 0 aliphatic heterocycles. The third-order valence-corrected chi connectivity index (χ3v) is 4.47. The predicted molar refractivity (Wildman–Crippen MR) is 65.1 cm³/mol. The minimum Gasteiger partial charge on any atom is -0.392 e. The van der Waals surface area contributed by atoms with Gasteiger partial charge in [-0.1, -0.05) is 31.4 Å². The second-order valence-electron chi connectivity index (χ2n) is 4.29. The molecule has 0 amide bonds. The summed E-state index contributed by atoms with van der Waals surface area (Å²) < 4.78 is 13.5. The average molecular weight is 240 g/mol.